The summed E-state index contributed by atoms with van der Waals surface area (Å²) in [4.78, 5) is 36.6. The number of fused-ring (bicyclic) bond motifs is 1. The fourth-order valence-corrected chi connectivity index (χ4v) is 2.53. The third-order valence-corrected chi connectivity index (χ3v) is 3.75. The predicted octanol–water partition coefficient (Wildman–Crippen LogP) is 3.57. The van der Waals surface area contributed by atoms with Gasteiger partial charge in [-0.25, -0.2) is 0 Å². The highest BCUT2D eigenvalue weighted by molar-refractivity contribution is 6.03. The van der Waals surface area contributed by atoms with E-state index in [0.717, 1.165) is 0 Å². The molecular weight excluding hydrogens is 344 g/mol. The molecule has 0 bridgehead atoms. The zero-order valence-electron chi connectivity index (χ0n) is 15.3. The van der Waals surface area contributed by atoms with Gasteiger partial charge in [0.1, 0.15) is 5.58 Å². The summed E-state index contributed by atoms with van der Waals surface area (Å²) in [6.45, 7) is 5.70. The number of amides is 2. The van der Waals surface area contributed by atoms with Gasteiger partial charge < -0.3 is 15.1 Å². The Morgan fingerprint density at radius 2 is 1.59 bits per heavy atom. The van der Waals surface area contributed by atoms with Crippen molar-refractivity contribution in [3.63, 3.8) is 0 Å². The molecule has 1 aromatic heterocycles. The molecule has 0 saturated heterocycles. The molecule has 2 amide bonds. The van der Waals surface area contributed by atoms with Gasteiger partial charge in [0.05, 0.1) is 5.39 Å². The van der Waals surface area contributed by atoms with Gasteiger partial charge >= 0.3 is 0 Å². The number of hydrogen-bond acceptors (Lipinski definition) is 4. The minimum Gasteiger partial charge on any atom is -0.451 e. The van der Waals surface area contributed by atoms with E-state index in [9.17, 15) is 14.4 Å². The number of carbonyl (C=O) groups excluding carboxylic acids is 2. The highest BCUT2D eigenvalue weighted by Crippen LogP contribution is 2.15. The first-order chi connectivity index (χ1) is 12.7. The van der Waals surface area contributed by atoms with E-state index in [1.807, 2.05) is 20.8 Å². The Kier molecular flexibility index (Phi) is 4.81. The van der Waals surface area contributed by atoms with Gasteiger partial charge in [-0.2, -0.15) is 0 Å². The van der Waals surface area contributed by atoms with Crippen molar-refractivity contribution >= 4 is 28.5 Å². The lowest BCUT2D eigenvalue weighted by Crippen LogP contribution is -2.40. The van der Waals surface area contributed by atoms with Crippen molar-refractivity contribution in [1.29, 1.82) is 0 Å². The monoisotopic (exact) mass is 364 g/mol. The van der Waals surface area contributed by atoms with E-state index in [1.165, 1.54) is 6.07 Å². The quantitative estimate of drug-likeness (QED) is 0.743. The van der Waals surface area contributed by atoms with Crippen molar-refractivity contribution in [3.8, 4) is 0 Å². The van der Waals surface area contributed by atoms with Crippen LogP contribution in [-0.2, 0) is 0 Å². The summed E-state index contributed by atoms with van der Waals surface area (Å²) in [5.41, 5.74) is 0.709. The number of anilines is 1. The molecule has 0 atom stereocenters. The number of carbonyl (C=O) groups is 2. The Morgan fingerprint density at radius 1 is 0.926 bits per heavy atom. The van der Waals surface area contributed by atoms with Gasteiger partial charge in [-0.15, -0.1) is 0 Å². The third-order valence-electron chi connectivity index (χ3n) is 3.75. The zero-order valence-corrected chi connectivity index (χ0v) is 15.3. The average molecular weight is 364 g/mol. The van der Waals surface area contributed by atoms with Gasteiger partial charge in [-0.05, 0) is 57.2 Å². The third kappa shape index (κ3) is 4.41. The molecule has 0 saturated carbocycles. The van der Waals surface area contributed by atoms with Crippen LogP contribution >= 0.6 is 0 Å². The molecule has 0 radical (unpaired) electrons. The van der Waals surface area contributed by atoms with E-state index >= 15 is 0 Å². The normalized spacial score (nSPS) is 11.2. The summed E-state index contributed by atoms with van der Waals surface area (Å²) in [6.07, 6.45) is 0. The van der Waals surface area contributed by atoms with Crippen molar-refractivity contribution in [2.75, 3.05) is 5.32 Å². The smallest absolute Gasteiger partial charge is 0.291 e. The molecule has 2 N–H and O–H groups in total. The number of nitrogens with one attached hydrogen (secondary N) is 2. The summed E-state index contributed by atoms with van der Waals surface area (Å²) >= 11 is 0. The first kappa shape index (κ1) is 18.4. The molecule has 0 aliphatic rings. The van der Waals surface area contributed by atoms with Gasteiger partial charge in [0.15, 0.2) is 11.2 Å². The zero-order chi connectivity index (χ0) is 19.6. The molecule has 0 spiro atoms. The van der Waals surface area contributed by atoms with Crippen LogP contribution < -0.4 is 16.1 Å². The van der Waals surface area contributed by atoms with Crippen LogP contribution in [0.15, 0.2) is 63.8 Å². The van der Waals surface area contributed by atoms with Crippen LogP contribution in [0.5, 0.6) is 0 Å². The number of hydrogen-bond donors (Lipinski definition) is 2. The predicted molar refractivity (Wildman–Crippen MR) is 104 cm³/mol. The highest BCUT2D eigenvalue weighted by Gasteiger charge is 2.16. The van der Waals surface area contributed by atoms with Crippen LogP contribution in [0.25, 0.3) is 11.0 Å². The topological polar surface area (TPSA) is 88.4 Å². The summed E-state index contributed by atoms with van der Waals surface area (Å²) in [6, 6.07) is 14.4. The molecule has 0 unspecified atom stereocenters. The molecular formula is C21H20N2O4. The van der Waals surface area contributed by atoms with Gasteiger partial charge in [-0.3, -0.25) is 14.4 Å². The molecule has 0 fully saturated rings. The lowest BCUT2D eigenvalue weighted by atomic mass is 10.1. The van der Waals surface area contributed by atoms with E-state index in [1.54, 1.807) is 48.5 Å². The molecule has 2 aromatic carbocycles. The Hall–Kier alpha value is -3.41. The Balaban J connectivity index is 1.77. The minimum absolute atomic E-state index is 0.0757. The van der Waals surface area contributed by atoms with Crippen LogP contribution in [0, 0.1) is 0 Å². The van der Waals surface area contributed by atoms with Gasteiger partial charge in [0.25, 0.3) is 11.8 Å². The van der Waals surface area contributed by atoms with E-state index in [2.05, 4.69) is 10.6 Å². The van der Waals surface area contributed by atoms with Crippen LogP contribution in [0.1, 0.15) is 41.7 Å². The Bertz CT molecular complexity index is 1060. The second-order valence-corrected chi connectivity index (χ2v) is 7.21. The standard InChI is InChI=1S/C21H20N2O4/c1-21(2,3)23-19(25)13-8-10-14(11-9-13)22-20(26)18-12-16(24)15-6-4-5-7-17(15)27-18/h4-12H,1-3H3,(H,22,26)(H,23,25). The molecule has 6 nitrogen and oxygen atoms in total. The van der Waals surface area contributed by atoms with E-state index < -0.39 is 5.91 Å². The maximum Gasteiger partial charge on any atom is 0.291 e. The van der Waals surface area contributed by atoms with Gasteiger partial charge in [0.2, 0.25) is 0 Å². The molecule has 0 aliphatic carbocycles. The summed E-state index contributed by atoms with van der Waals surface area (Å²) < 4.78 is 5.52. The van der Waals surface area contributed by atoms with Crippen molar-refractivity contribution in [2.24, 2.45) is 0 Å². The first-order valence-corrected chi connectivity index (χ1v) is 8.50. The second kappa shape index (κ2) is 7.07. The molecule has 1 heterocycles. The number of benzene rings is 2. The Labute approximate surface area is 156 Å². The summed E-state index contributed by atoms with van der Waals surface area (Å²) in [5.74, 6) is -0.807. The lowest BCUT2D eigenvalue weighted by molar-refractivity contribution is 0.0919. The summed E-state index contributed by atoms with van der Waals surface area (Å²) in [5, 5.41) is 5.95. The van der Waals surface area contributed by atoms with E-state index in [0.29, 0.717) is 22.2 Å². The van der Waals surface area contributed by atoms with Crippen LogP contribution in [0.2, 0.25) is 0 Å². The maximum absolute atomic E-state index is 12.4. The fraction of sp³-hybridized carbons (Fsp3) is 0.190. The van der Waals surface area contributed by atoms with Crippen molar-refractivity contribution < 1.29 is 14.0 Å². The average Bonchev–Trinajstić information content (AvgIpc) is 2.61. The van der Waals surface area contributed by atoms with Crippen LogP contribution in [-0.4, -0.2) is 17.4 Å². The molecule has 3 rings (SSSR count). The molecule has 27 heavy (non-hydrogen) atoms. The van der Waals surface area contributed by atoms with E-state index in [-0.39, 0.29) is 22.6 Å². The van der Waals surface area contributed by atoms with Crippen molar-refractivity contribution in [1.82, 2.24) is 5.32 Å². The number of para-hydroxylation sites is 1. The van der Waals surface area contributed by atoms with Crippen molar-refractivity contribution in [3.05, 3.63) is 76.1 Å². The maximum atomic E-state index is 12.4. The van der Waals surface area contributed by atoms with Gasteiger partial charge in [-0.1, -0.05) is 12.1 Å². The van der Waals surface area contributed by atoms with Gasteiger partial charge in [0, 0.05) is 22.9 Å². The molecule has 138 valence electrons. The van der Waals surface area contributed by atoms with Crippen molar-refractivity contribution in [2.45, 2.75) is 26.3 Å². The molecule has 0 aliphatic heterocycles. The number of rotatable bonds is 3. The minimum atomic E-state index is -0.537. The van der Waals surface area contributed by atoms with Crippen LogP contribution in [0.3, 0.4) is 0 Å². The SMILES string of the molecule is CC(C)(C)NC(=O)c1ccc(NC(=O)c2cc(=O)c3ccccc3o2)cc1. The fourth-order valence-electron chi connectivity index (χ4n) is 2.53. The second-order valence-electron chi connectivity index (χ2n) is 7.21. The van der Waals surface area contributed by atoms with Crippen LogP contribution in [0.4, 0.5) is 5.69 Å². The largest absolute Gasteiger partial charge is 0.451 e. The highest BCUT2D eigenvalue weighted by atomic mass is 16.3. The first-order valence-electron chi connectivity index (χ1n) is 8.50. The molecule has 3 aromatic rings. The van der Waals surface area contributed by atoms with E-state index in [4.69, 9.17) is 4.42 Å². The summed E-state index contributed by atoms with van der Waals surface area (Å²) in [7, 11) is 0. The lowest BCUT2D eigenvalue weighted by Gasteiger charge is -2.20. The molecule has 6 heteroatoms. The Morgan fingerprint density at radius 3 is 2.26 bits per heavy atom.